The fourth-order valence-corrected chi connectivity index (χ4v) is 5.76. The molecule has 1 aliphatic heterocycles. The molecular weight excluding hydrogens is 586 g/mol. The minimum atomic E-state index is -0.782. The molecule has 5 rings (SSSR count). The molecule has 2 aromatic heterocycles. The lowest BCUT2D eigenvalue weighted by molar-refractivity contribution is -0.0104. The molecule has 12 nitrogen and oxygen atoms in total. The number of nitriles is 1. The van der Waals surface area contributed by atoms with Gasteiger partial charge in [0, 0.05) is 30.6 Å². The number of likely N-dealkylation sites (tertiary alicyclic amines) is 1. The summed E-state index contributed by atoms with van der Waals surface area (Å²) >= 11 is 0. The van der Waals surface area contributed by atoms with E-state index in [-0.39, 0.29) is 12.5 Å². The van der Waals surface area contributed by atoms with Crippen molar-refractivity contribution in [2.24, 2.45) is 5.92 Å². The standard InChI is InChI=1S/C34H45N7O5/c1-21-13-22(17-35)15-25(14-21)40(32(44)46-34(5,6)7)29-16-28(38-30-26(19-37-41(29)30)23-9-8-10-23)36-18-24-11-12-39(20-27(24)42)31(43)45-33(2,3)4/h13-16,19,23-24,27,42H,8-12,18,20H2,1-7H3,(H,36,38)/t24-,27+/m1/s1. The number of nitrogens with one attached hydrogen (secondary N) is 1. The topological polar surface area (TPSA) is 145 Å². The molecule has 3 aromatic rings. The molecule has 2 amide bonds. The summed E-state index contributed by atoms with van der Waals surface area (Å²) in [5.41, 5.74) is 1.93. The number of ether oxygens (including phenoxy) is 2. The van der Waals surface area contributed by atoms with Gasteiger partial charge in [0.05, 0.1) is 36.2 Å². The molecule has 0 spiro atoms. The number of aliphatic hydroxyl groups excluding tert-OH is 1. The van der Waals surface area contributed by atoms with Gasteiger partial charge in [-0.2, -0.15) is 14.9 Å². The Kier molecular flexibility index (Phi) is 9.18. The second-order valence-corrected chi connectivity index (χ2v) is 14.4. The highest BCUT2D eigenvalue weighted by molar-refractivity contribution is 5.96. The second-order valence-electron chi connectivity index (χ2n) is 14.4. The van der Waals surface area contributed by atoms with Gasteiger partial charge in [-0.15, -0.1) is 0 Å². The van der Waals surface area contributed by atoms with Crippen LogP contribution in [0, 0.1) is 24.2 Å². The SMILES string of the molecule is Cc1cc(C#N)cc(N(C(=O)OC(C)(C)C)c2cc(NC[C@H]3CCN(C(=O)OC(C)(C)C)C[C@@H]3O)nc3c(C4CCC4)cnn23)c1. The van der Waals surface area contributed by atoms with Crippen molar-refractivity contribution in [2.75, 3.05) is 29.9 Å². The summed E-state index contributed by atoms with van der Waals surface area (Å²) in [5, 5.41) is 28.8. The van der Waals surface area contributed by atoms with Gasteiger partial charge in [-0.1, -0.05) is 6.42 Å². The Morgan fingerprint density at radius 2 is 1.80 bits per heavy atom. The number of hydrogen-bond donors (Lipinski definition) is 2. The van der Waals surface area contributed by atoms with Gasteiger partial charge >= 0.3 is 12.2 Å². The minimum Gasteiger partial charge on any atom is -0.444 e. The van der Waals surface area contributed by atoms with E-state index in [1.807, 2.05) is 40.0 Å². The van der Waals surface area contributed by atoms with Crippen LogP contribution in [0.1, 0.15) is 89.8 Å². The third-order valence-electron chi connectivity index (χ3n) is 8.20. The Bertz CT molecular complexity index is 1640. The third-order valence-corrected chi connectivity index (χ3v) is 8.20. The van der Waals surface area contributed by atoms with Crippen molar-refractivity contribution in [1.82, 2.24) is 19.5 Å². The van der Waals surface area contributed by atoms with Crippen molar-refractivity contribution in [3.63, 3.8) is 0 Å². The number of rotatable bonds is 6. The molecule has 0 unspecified atom stereocenters. The molecule has 0 radical (unpaired) electrons. The largest absolute Gasteiger partial charge is 0.444 e. The van der Waals surface area contributed by atoms with Gasteiger partial charge in [0.1, 0.15) is 22.8 Å². The number of hydrogen-bond acceptors (Lipinski definition) is 9. The predicted octanol–water partition coefficient (Wildman–Crippen LogP) is 6.28. The monoisotopic (exact) mass is 631 g/mol. The van der Waals surface area contributed by atoms with Crippen molar-refractivity contribution >= 4 is 35.2 Å². The van der Waals surface area contributed by atoms with E-state index in [0.29, 0.717) is 54.0 Å². The third kappa shape index (κ3) is 7.53. The van der Waals surface area contributed by atoms with Crippen LogP contribution in [0.3, 0.4) is 0 Å². The van der Waals surface area contributed by atoms with E-state index >= 15 is 0 Å². The number of carbonyl (C=O) groups excluding carboxylic acids is 2. The van der Waals surface area contributed by atoms with Crippen molar-refractivity contribution < 1.29 is 24.2 Å². The van der Waals surface area contributed by atoms with Crippen LogP contribution in [-0.2, 0) is 9.47 Å². The molecule has 2 N–H and O–H groups in total. The normalized spacial score (nSPS) is 18.9. The summed E-state index contributed by atoms with van der Waals surface area (Å²) in [7, 11) is 0. The molecule has 1 saturated heterocycles. The predicted molar refractivity (Wildman–Crippen MR) is 174 cm³/mol. The van der Waals surface area contributed by atoms with Crippen LogP contribution in [0.2, 0.25) is 0 Å². The van der Waals surface area contributed by atoms with Crippen molar-refractivity contribution in [3.8, 4) is 6.07 Å². The Labute approximate surface area is 270 Å². The van der Waals surface area contributed by atoms with Crippen LogP contribution in [0.5, 0.6) is 0 Å². The molecule has 46 heavy (non-hydrogen) atoms. The molecule has 0 bridgehead atoms. The van der Waals surface area contributed by atoms with Gasteiger partial charge < -0.3 is 24.8 Å². The number of fused-ring (bicyclic) bond motifs is 1. The van der Waals surface area contributed by atoms with Crippen LogP contribution in [0.25, 0.3) is 5.65 Å². The highest BCUT2D eigenvalue weighted by Gasteiger charge is 2.34. The summed E-state index contributed by atoms with van der Waals surface area (Å²) in [6.45, 7) is 13.8. The lowest BCUT2D eigenvalue weighted by Crippen LogP contribution is -2.49. The molecule has 2 aliphatic rings. The number of aliphatic hydroxyl groups is 1. The van der Waals surface area contributed by atoms with Crippen molar-refractivity contribution in [1.29, 1.82) is 5.26 Å². The molecule has 3 heterocycles. The van der Waals surface area contributed by atoms with Gasteiger partial charge in [0.2, 0.25) is 0 Å². The zero-order valence-electron chi connectivity index (χ0n) is 27.8. The van der Waals surface area contributed by atoms with Crippen LogP contribution >= 0.6 is 0 Å². The van der Waals surface area contributed by atoms with Crippen molar-refractivity contribution in [3.05, 3.63) is 47.2 Å². The molecule has 246 valence electrons. The van der Waals surface area contributed by atoms with Gasteiger partial charge in [0.25, 0.3) is 0 Å². The first-order valence-electron chi connectivity index (χ1n) is 16.0. The minimum absolute atomic E-state index is 0.145. The molecule has 1 aromatic carbocycles. The van der Waals surface area contributed by atoms with Crippen LogP contribution < -0.4 is 10.2 Å². The van der Waals surface area contributed by atoms with Crippen LogP contribution in [0.4, 0.5) is 26.9 Å². The lowest BCUT2D eigenvalue weighted by atomic mass is 9.81. The Hall–Kier alpha value is -4.37. The number of amides is 2. The molecule has 1 saturated carbocycles. The maximum atomic E-state index is 13.9. The fraction of sp³-hybridized carbons (Fsp3) is 0.559. The van der Waals surface area contributed by atoms with E-state index < -0.39 is 29.5 Å². The number of aryl methyl sites for hydroxylation is 1. The average Bonchev–Trinajstić information content (AvgIpc) is 3.32. The van der Waals surface area contributed by atoms with Gasteiger partial charge in [-0.3, -0.25) is 0 Å². The highest BCUT2D eigenvalue weighted by atomic mass is 16.6. The van der Waals surface area contributed by atoms with E-state index in [9.17, 15) is 20.0 Å². The smallest absolute Gasteiger partial charge is 0.420 e. The number of benzene rings is 1. The Morgan fingerprint density at radius 1 is 1.09 bits per heavy atom. The van der Waals surface area contributed by atoms with Gasteiger partial charge in [0.15, 0.2) is 5.65 Å². The van der Waals surface area contributed by atoms with E-state index in [4.69, 9.17) is 14.5 Å². The Morgan fingerprint density at radius 3 is 2.41 bits per heavy atom. The number of nitrogens with zero attached hydrogens (tertiary/aromatic N) is 6. The zero-order valence-corrected chi connectivity index (χ0v) is 27.8. The summed E-state index contributed by atoms with van der Waals surface area (Å²) in [5.74, 6) is 1.09. The maximum absolute atomic E-state index is 13.9. The van der Waals surface area contributed by atoms with E-state index in [2.05, 4.69) is 16.5 Å². The average molecular weight is 632 g/mol. The van der Waals surface area contributed by atoms with Gasteiger partial charge in [-0.05, 0) is 97.4 Å². The quantitative estimate of drug-likeness (QED) is 0.321. The highest BCUT2D eigenvalue weighted by Crippen LogP contribution is 2.40. The summed E-state index contributed by atoms with van der Waals surface area (Å²) in [4.78, 5) is 34.4. The summed E-state index contributed by atoms with van der Waals surface area (Å²) in [6, 6.07) is 9.17. The zero-order chi connectivity index (χ0) is 33.4. The molecule has 2 atom stereocenters. The van der Waals surface area contributed by atoms with E-state index in [1.54, 1.807) is 48.4 Å². The number of β-amino-alcohol motifs (C(OH)–C–C–N with tert-alkyl or cyclic N) is 1. The fourth-order valence-electron chi connectivity index (χ4n) is 5.76. The van der Waals surface area contributed by atoms with E-state index in [1.165, 1.54) is 4.90 Å². The van der Waals surface area contributed by atoms with Crippen LogP contribution in [0.15, 0.2) is 30.5 Å². The molecule has 1 aliphatic carbocycles. The summed E-state index contributed by atoms with van der Waals surface area (Å²) < 4.78 is 13.0. The first-order valence-corrected chi connectivity index (χ1v) is 16.0. The van der Waals surface area contributed by atoms with Crippen molar-refractivity contribution in [2.45, 2.75) is 97.4 Å². The number of piperidine rings is 1. The number of anilines is 3. The van der Waals surface area contributed by atoms with Crippen LogP contribution in [-0.4, -0.2) is 73.7 Å². The van der Waals surface area contributed by atoms with E-state index in [0.717, 1.165) is 30.4 Å². The lowest BCUT2D eigenvalue weighted by Gasteiger charge is -2.36. The van der Waals surface area contributed by atoms with Gasteiger partial charge in [-0.25, -0.2) is 19.5 Å². The maximum Gasteiger partial charge on any atom is 0.420 e. The first-order chi connectivity index (χ1) is 21.6. The summed E-state index contributed by atoms with van der Waals surface area (Å²) in [6.07, 6.45) is 3.80. The number of carbonyl (C=O) groups is 2. The second kappa shape index (κ2) is 12.8. The molecular formula is C34H45N7O5. The number of aromatic nitrogens is 3. The Balaban J connectivity index is 1.49. The molecule has 2 fully saturated rings. The first kappa shape index (κ1) is 33.0. The molecule has 12 heteroatoms.